The molecular weight excluding hydrogens is 1020 g/mol. The molecule has 0 atom stereocenters. The van der Waals surface area contributed by atoms with Crippen LogP contribution in [0.3, 0.4) is 0 Å². The summed E-state index contributed by atoms with van der Waals surface area (Å²) in [6, 6.07) is 118. The van der Waals surface area contributed by atoms with Gasteiger partial charge in [0.05, 0.1) is 55.5 Å². The summed E-state index contributed by atoms with van der Waals surface area (Å²) in [6.07, 6.45) is 0. The van der Waals surface area contributed by atoms with Crippen LogP contribution in [0.15, 0.2) is 315 Å². The van der Waals surface area contributed by atoms with Crippen molar-refractivity contribution in [3.63, 3.8) is 0 Å². The van der Waals surface area contributed by atoms with E-state index in [-0.39, 0.29) is 0 Å². The maximum atomic E-state index is 2.60. The molecule has 17 rings (SSSR count). The van der Waals surface area contributed by atoms with E-state index in [9.17, 15) is 0 Å². The summed E-state index contributed by atoms with van der Waals surface area (Å²) in [7, 11) is -3.08. The average molecular weight is 1070 g/mol. The van der Waals surface area contributed by atoms with Gasteiger partial charge in [-0.1, -0.05) is 231 Å². The van der Waals surface area contributed by atoms with Crippen LogP contribution in [0.2, 0.25) is 0 Å². The number of aromatic nitrogens is 4. The summed E-state index contributed by atoms with van der Waals surface area (Å²) in [5.41, 5.74) is 16.0. The van der Waals surface area contributed by atoms with Gasteiger partial charge in [0, 0.05) is 65.6 Å². The predicted molar refractivity (Wildman–Crippen MR) is 353 cm³/mol. The van der Waals surface area contributed by atoms with Crippen LogP contribution in [0.4, 0.5) is 0 Å². The third-order valence-electron chi connectivity index (χ3n) is 17.7. The number of benzene rings is 13. The first kappa shape index (κ1) is 47.1. The second-order valence-electron chi connectivity index (χ2n) is 21.9. The van der Waals surface area contributed by atoms with Crippen LogP contribution in [-0.2, 0) is 0 Å². The fourth-order valence-corrected chi connectivity index (χ4v) is 19.0. The molecular formula is C78H52N4Si. The molecule has 83 heavy (non-hydrogen) atoms. The van der Waals surface area contributed by atoms with Gasteiger partial charge in [-0.3, -0.25) is 0 Å². The molecule has 0 spiro atoms. The Bertz CT molecular complexity index is 5140. The third kappa shape index (κ3) is 6.99. The van der Waals surface area contributed by atoms with Gasteiger partial charge in [-0.05, 0) is 106 Å². The van der Waals surface area contributed by atoms with Crippen LogP contribution in [-0.4, -0.2) is 26.3 Å². The predicted octanol–water partition coefficient (Wildman–Crippen LogP) is 17.1. The van der Waals surface area contributed by atoms with Crippen molar-refractivity contribution in [1.29, 1.82) is 0 Å². The molecule has 0 radical (unpaired) electrons. The minimum Gasteiger partial charge on any atom is -0.309 e. The van der Waals surface area contributed by atoms with Crippen molar-refractivity contribution in [3.05, 3.63) is 315 Å². The molecule has 0 fully saturated rings. The van der Waals surface area contributed by atoms with Gasteiger partial charge in [0.2, 0.25) is 0 Å². The van der Waals surface area contributed by atoms with Crippen molar-refractivity contribution in [3.8, 4) is 33.9 Å². The molecule has 0 aliphatic heterocycles. The SMILES string of the molecule is c1ccc([Si](c2ccccc2)(c2ccccc2)c2ccc(-n3c4ccccc4c4ccccc43)c(-c3cc(-n4c5ccccc5c5cc(-n6c7ccccc7c7ccccc76)ccc54)ccc3-n3c4ccccc4c4ccccc43)c2)cc1. The largest absolute Gasteiger partial charge is 0.309 e. The van der Waals surface area contributed by atoms with Crippen molar-refractivity contribution >= 4 is 116 Å². The number of rotatable bonds is 9. The molecule has 388 valence electrons. The molecule has 0 amide bonds. The Morgan fingerprint density at radius 3 is 0.843 bits per heavy atom. The Kier molecular flexibility index (Phi) is 10.6. The Hall–Kier alpha value is -10.7. The van der Waals surface area contributed by atoms with E-state index in [0.29, 0.717) is 0 Å². The molecule has 5 heteroatoms. The van der Waals surface area contributed by atoms with Gasteiger partial charge in [-0.2, -0.15) is 0 Å². The molecule has 0 aliphatic carbocycles. The molecule has 17 aromatic rings. The van der Waals surface area contributed by atoms with Crippen LogP contribution in [0.1, 0.15) is 0 Å². The molecule has 4 heterocycles. The Morgan fingerprint density at radius 2 is 0.458 bits per heavy atom. The molecule has 0 unspecified atom stereocenters. The van der Waals surface area contributed by atoms with E-state index in [2.05, 4.69) is 334 Å². The van der Waals surface area contributed by atoms with E-state index in [1.54, 1.807) is 0 Å². The van der Waals surface area contributed by atoms with Gasteiger partial charge < -0.3 is 18.3 Å². The topological polar surface area (TPSA) is 19.7 Å². The van der Waals surface area contributed by atoms with E-state index in [0.717, 1.165) is 67.0 Å². The van der Waals surface area contributed by atoms with Crippen LogP contribution >= 0.6 is 0 Å². The highest BCUT2D eigenvalue weighted by molar-refractivity contribution is 7.20. The molecule has 13 aromatic carbocycles. The smallest absolute Gasteiger partial charge is 0.179 e. The number of hydrogen-bond acceptors (Lipinski definition) is 0. The van der Waals surface area contributed by atoms with Gasteiger partial charge in [-0.15, -0.1) is 0 Å². The summed E-state index contributed by atoms with van der Waals surface area (Å²) in [6.45, 7) is 0. The van der Waals surface area contributed by atoms with Crippen molar-refractivity contribution < 1.29 is 0 Å². The number of para-hydroxylation sites is 7. The lowest BCUT2D eigenvalue weighted by molar-refractivity contribution is 1.14. The Balaban J connectivity index is 1.01. The average Bonchev–Trinajstić information content (AvgIpc) is 2.77. The lowest BCUT2D eigenvalue weighted by Gasteiger charge is -2.35. The van der Waals surface area contributed by atoms with Crippen LogP contribution in [0.5, 0.6) is 0 Å². The monoisotopic (exact) mass is 1070 g/mol. The van der Waals surface area contributed by atoms with Crippen LogP contribution in [0.25, 0.3) is 121 Å². The van der Waals surface area contributed by atoms with E-state index in [1.807, 2.05) is 0 Å². The standard InChI is InChI=1S/C78H52N4Si/c1-4-24-55(25-5-1)83(56-26-6-2-7-27-56,57-28-8-3-9-29-57)58-46-49-78(82-74-42-22-14-34-63(74)64-35-15-23-43-75(64)82)68(52-58)67-51-54(45-48-77(67)81-72-40-20-12-32-61(72)62-33-13-21-41-73(62)81)80-71-39-19-16-36-65(71)66-50-53(44-47-76(66)80)79-69-37-17-10-30-59(69)60-31-11-18-38-70(60)79/h1-52H. The summed E-state index contributed by atoms with van der Waals surface area (Å²) < 4.78 is 9.98. The first-order chi connectivity index (χ1) is 41.2. The molecule has 0 bridgehead atoms. The van der Waals surface area contributed by atoms with Crippen LogP contribution < -0.4 is 20.7 Å². The summed E-state index contributed by atoms with van der Waals surface area (Å²) in [5, 5.41) is 15.1. The highest BCUT2D eigenvalue weighted by Crippen LogP contribution is 2.44. The fourth-order valence-electron chi connectivity index (χ4n) is 14.3. The molecule has 0 aliphatic rings. The molecule has 0 saturated carbocycles. The highest BCUT2D eigenvalue weighted by Gasteiger charge is 2.42. The number of nitrogens with zero attached hydrogens (tertiary/aromatic N) is 4. The first-order valence-electron chi connectivity index (χ1n) is 28.7. The molecule has 4 aromatic heterocycles. The second-order valence-corrected chi connectivity index (χ2v) is 25.8. The fraction of sp³-hybridized carbons (Fsp3) is 0. The van der Waals surface area contributed by atoms with Crippen molar-refractivity contribution in [2.24, 2.45) is 0 Å². The zero-order valence-electron chi connectivity index (χ0n) is 45.3. The van der Waals surface area contributed by atoms with E-state index < -0.39 is 8.07 Å². The van der Waals surface area contributed by atoms with E-state index in [1.165, 1.54) is 74.9 Å². The minimum absolute atomic E-state index is 1.08. The maximum Gasteiger partial charge on any atom is 0.179 e. The lowest BCUT2D eigenvalue weighted by Crippen LogP contribution is -2.74. The normalized spacial score (nSPS) is 12.1. The Labute approximate surface area is 480 Å². The maximum absolute atomic E-state index is 3.08. The molecule has 4 nitrogen and oxygen atoms in total. The number of fused-ring (bicyclic) bond motifs is 12. The van der Waals surface area contributed by atoms with Crippen LogP contribution in [0, 0.1) is 0 Å². The number of hydrogen-bond donors (Lipinski definition) is 0. The van der Waals surface area contributed by atoms with E-state index in [4.69, 9.17) is 0 Å². The third-order valence-corrected chi connectivity index (χ3v) is 22.5. The quantitative estimate of drug-likeness (QED) is 0.101. The van der Waals surface area contributed by atoms with Gasteiger partial charge in [0.1, 0.15) is 0 Å². The lowest BCUT2D eigenvalue weighted by atomic mass is 9.99. The van der Waals surface area contributed by atoms with Crippen molar-refractivity contribution in [1.82, 2.24) is 18.3 Å². The summed E-state index contributed by atoms with van der Waals surface area (Å²) in [5.74, 6) is 0. The zero-order chi connectivity index (χ0) is 54.6. The minimum atomic E-state index is -3.08. The second kappa shape index (κ2) is 18.7. The summed E-state index contributed by atoms with van der Waals surface area (Å²) in [4.78, 5) is 0. The Morgan fingerprint density at radius 1 is 0.181 bits per heavy atom. The zero-order valence-corrected chi connectivity index (χ0v) is 46.3. The summed E-state index contributed by atoms with van der Waals surface area (Å²) >= 11 is 0. The molecule has 0 saturated heterocycles. The molecule has 0 N–H and O–H groups in total. The first-order valence-corrected chi connectivity index (χ1v) is 30.7. The van der Waals surface area contributed by atoms with Gasteiger partial charge in [-0.25, -0.2) is 0 Å². The van der Waals surface area contributed by atoms with Gasteiger partial charge >= 0.3 is 0 Å². The highest BCUT2D eigenvalue weighted by atomic mass is 28.3. The van der Waals surface area contributed by atoms with E-state index >= 15 is 0 Å². The van der Waals surface area contributed by atoms with Gasteiger partial charge in [0.15, 0.2) is 8.07 Å². The van der Waals surface area contributed by atoms with Crippen molar-refractivity contribution in [2.75, 3.05) is 0 Å². The van der Waals surface area contributed by atoms with Crippen molar-refractivity contribution in [2.45, 2.75) is 0 Å². The van der Waals surface area contributed by atoms with Gasteiger partial charge in [0.25, 0.3) is 0 Å².